The molecule has 0 radical (unpaired) electrons. The van der Waals surface area contributed by atoms with Crippen LogP contribution in [0.1, 0.15) is 59.3 Å². The van der Waals surface area contributed by atoms with Gasteiger partial charge in [0.2, 0.25) is 0 Å². The summed E-state index contributed by atoms with van der Waals surface area (Å²) in [7, 11) is 0. The summed E-state index contributed by atoms with van der Waals surface area (Å²) in [5, 5.41) is 8.88. The van der Waals surface area contributed by atoms with Gasteiger partial charge in [-0.25, -0.2) is 0 Å². The minimum Gasteiger partial charge on any atom is -0.198 e. The predicted molar refractivity (Wildman–Crippen MR) is 66.7 cm³/mol. The van der Waals surface area contributed by atoms with Crippen molar-refractivity contribution >= 4 is 0 Å². The Morgan fingerprint density at radius 3 is 2.81 bits per heavy atom. The number of hydrogen-bond acceptors (Lipinski definition) is 1. The first-order valence-corrected chi connectivity index (χ1v) is 6.96. The van der Waals surface area contributed by atoms with Crippen LogP contribution < -0.4 is 0 Å². The molecule has 2 unspecified atom stereocenters. The highest BCUT2D eigenvalue weighted by molar-refractivity contribution is 5.01. The van der Waals surface area contributed by atoms with E-state index in [1.165, 1.54) is 32.1 Å². The fourth-order valence-corrected chi connectivity index (χ4v) is 4.83. The molecule has 2 aliphatic carbocycles. The van der Waals surface area contributed by atoms with Gasteiger partial charge in [0.15, 0.2) is 0 Å². The van der Waals surface area contributed by atoms with Crippen LogP contribution >= 0.6 is 0 Å². The minimum atomic E-state index is 0.550. The van der Waals surface area contributed by atoms with E-state index in [-0.39, 0.29) is 0 Å². The number of nitrogens with zero attached hydrogens (tertiary/aromatic N) is 1. The Labute approximate surface area is 100 Å². The van der Waals surface area contributed by atoms with Crippen molar-refractivity contribution in [3.8, 4) is 6.07 Å². The normalized spacial score (nSPS) is 44.8. The van der Waals surface area contributed by atoms with E-state index in [1.54, 1.807) is 0 Å². The highest BCUT2D eigenvalue weighted by atomic mass is 14.6. The van der Waals surface area contributed by atoms with Crippen molar-refractivity contribution in [2.24, 2.45) is 29.1 Å². The second kappa shape index (κ2) is 4.40. The summed E-state index contributed by atoms with van der Waals surface area (Å²) in [5.74, 6) is 3.26. The second-order valence-corrected chi connectivity index (χ2v) is 6.51. The first-order valence-electron chi connectivity index (χ1n) is 6.96. The number of rotatable bonds is 2. The summed E-state index contributed by atoms with van der Waals surface area (Å²) >= 11 is 0. The van der Waals surface area contributed by atoms with Crippen LogP contribution in [0.2, 0.25) is 0 Å². The van der Waals surface area contributed by atoms with Gasteiger partial charge in [0, 0.05) is 6.42 Å². The third-order valence-corrected chi connectivity index (χ3v) is 5.64. The standard InChI is InChI=1S/C15H25N/c1-11-5-4-9-15(3)13(11)6-7-14(15)12(2)8-10-16/h11-14H,4-9H2,1-3H3/t11-,12-,13?,14?,15-/m0/s1. The van der Waals surface area contributed by atoms with Crippen molar-refractivity contribution in [3.63, 3.8) is 0 Å². The number of fused-ring (bicyclic) bond motifs is 1. The molecule has 0 aromatic rings. The van der Waals surface area contributed by atoms with Crippen LogP contribution in [0.5, 0.6) is 0 Å². The Hall–Kier alpha value is -0.510. The third kappa shape index (κ3) is 1.77. The SMILES string of the molecule is C[C@@H](CC#N)C1CCC2[C@@H](C)CCC[C@]12C. The average Bonchev–Trinajstić information content (AvgIpc) is 2.57. The molecule has 0 saturated heterocycles. The summed E-state index contributed by atoms with van der Waals surface area (Å²) in [6.45, 7) is 7.25. The third-order valence-electron chi connectivity index (χ3n) is 5.64. The van der Waals surface area contributed by atoms with Crippen molar-refractivity contribution in [2.45, 2.75) is 59.3 Å². The summed E-state index contributed by atoms with van der Waals surface area (Å²) in [4.78, 5) is 0. The summed E-state index contributed by atoms with van der Waals surface area (Å²) in [5.41, 5.74) is 0.550. The average molecular weight is 219 g/mol. The maximum Gasteiger partial charge on any atom is 0.0624 e. The van der Waals surface area contributed by atoms with Gasteiger partial charge in [-0.2, -0.15) is 5.26 Å². The van der Waals surface area contributed by atoms with Gasteiger partial charge in [-0.15, -0.1) is 0 Å². The van der Waals surface area contributed by atoms with E-state index < -0.39 is 0 Å². The quantitative estimate of drug-likeness (QED) is 0.675. The van der Waals surface area contributed by atoms with Gasteiger partial charge in [0.1, 0.15) is 0 Å². The van der Waals surface area contributed by atoms with E-state index in [2.05, 4.69) is 26.8 Å². The van der Waals surface area contributed by atoms with Gasteiger partial charge in [0.05, 0.1) is 6.07 Å². The van der Waals surface area contributed by atoms with Crippen LogP contribution in [0.3, 0.4) is 0 Å². The number of nitriles is 1. The van der Waals surface area contributed by atoms with Gasteiger partial charge in [-0.3, -0.25) is 0 Å². The molecule has 5 atom stereocenters. The molecule has 0 aliphatic heterocycles. The molecule has 1 nitrogen and oxygen atoms in total. The molecule has 2 rings (SSSR count). The molecule has 16 heavy (non-hydrogen) atoms. The lowest BCUT2D eigenvalue weighted by Gasteiger charge is -2.45. The van der Waals surface area contributed by atoms with E-state index >= 15 is 0 Å². The first kappa shape index (κ1) is 12.0. The van der Waals surface area contributed by atoms with Crippen molar-refractivity contribution < 1.29 is 0 Å². The molecule has 1 heteroatoms. The zero-order valence-corrected chi connectivity index (χ0v) is 11.0. The molecule has 0 aromatic carbocycles. The first-order chi connectivity index (χ1) is 7.59. The zero-order chi connectivity index (χ0) is 11.8. The maximum absolute atomic E-state index is 8.88. The number of hydrogen-bond donors (Lipinski definition) is 0. The molecular formula is C15H25N. The van der Waals surface area contributed by atoms with E-state index in [9.17, 15) is 0 Å². The van der Waals surface area contributed by atoms with E-state index in [0.29, 0.717) is 11.3 Å². The smallest absolute Gasteiger partial charge is 0.0624 e. The molecule has 90 valence electrons. The maximum atomic E-state index is 8.88. The lowest BCUT2D eigenvalue weighted by molar-refractivity contribution is 0.0378. The molecule has 0 aromatic heterocycles. The van der Waals surface area contributed by atoms with Crippen molar-refractivity contribution in [1.82, 2.24) is 0 Å². The van der Waals surface area contributed by atoms with E-state index in [1.807, 2.05) is 0 Å². The fourth-order valence-electron chi connectivity index (χ4n) is 4.83. The lowest BCUT2D eigenvalue weighted by Crippen LogP contribution is -2.38. The highest BCUT2D eigenvalue weighted by Gasteiger charge is 2.51. The van der Waals surface area contributed by atoms with Crippen LogP contribution in [-0.2, 0) is 0 Å². The van der Waals surface area contributed by atoms with Crippen LogP contribution in [0, 0.1) is 40.4 Å². The van der Waals surface area contributed by atoms with Crippen LogP contribution in [0.15, 0.2) is 0 Å². The van der Waals surface area contributed by atoms with Gasteiger partial charge in [0.25, 0.3) is 0 Å². The topological polar surface area (TPSA) is 23.8 Å². The minimum absolute atomic E-state index is 0.550. The highest BCUT2D eigenvalue weighted by Crippen LogP contribution is 2.59. The molecular weight excluding hydrogens is 194 g/mol. The molecule has 0 amide bonds. The molecule has 0 N–H and O–H groups in total. The zero-order valence-electron chi connectivity index (χ0n) is 11.0. The van der Waals surface area contributed by atoms with Crippen molar-refractivity contribution in [1.29, 1.82) is 5.26 Å². The Kier molecular flexibility index (Phi) is 3.29. The van der Waals surface area contributed by atoms with Crippen molar-refractivity contribution in [3.05, 3.63) is 0 Å². The molecule has 0 bridgehead atoms. The predicted octanol–water partition coefficient (Wildman–Crippen LogP) is 4.39. The molecule has 2 fully saturated rings. The Balaban J connectivity index is 2.15. The fraction of sp³-hybridized carbons (Fsp3) is 0.933. The monoisotopic (exact) mass is 219 g/mol. The van der Waals surface area contributed by atoms with E-state index in [4.69, 9.17) is 5.26 Å². The Morgan fingerprint density at radius 2 is 2.12 bits per heavy atom. The van der Waals surface area contributed by atoms with Gasteiger partial charge >= 0.3 is 0 Å². The molecule has 0 spiro atoms. The molecule has 2 aliphatic rings. The largest absolute Gasteiger partial charge is 0.198 e. The van der Waals surface area contributed by atoms with Gasteiger partial charge < -0.3 is 0 Å². The van der Waals surface area contributed by atoms with Crippen LogP contribution in [-0.4, -0.2) is 0 Å². The molecule has 0 heterocycles. The van der Waals surface area contributed by atoms with Gasteiger partial charge in [-0.05, 0) is 48.3 Å². The van der Waals surface area contributed by atoms with Gasteiger partial charge in [-0.1, -0.05) is 33.6 Å². The van der Waals surface area contributed by atoms with E-state index in [0.717, 1.165) is 24.2 Å². The summed E-state index contributed by atoms with van der Waals surface area (Å²) in [6.07, 6.45) is 7.78. The molecule has 2 saturated carbocycles. The Bertz CT molecular complexity index is 290. The van der Waals surface area contributed by atoms with Crippen LogP contribution in [0.4, 0.5) is 0 Å². The van der Waals surface area contributed by atoms with Crippen molar-refractivity contribution in [2.75, 3.05) is 0 Å². The summed E-state index contributed by atoms with van der Waals surface area (Å²) < 4.78 is 0. The lowest BCUT2D eigenvalue weighted by atomic mass is 9.59. The van der Waals surface area contributed by atoms with Crippen LogP contribution in [0.25, 0.3) is 0 Å². The summed E-state index contributed by atoms with van der Waals surface area (Å²) in [6, 6.07) is 2.37. The second-order valence-electron chi connectivity index (χ2n) is 6.51. The Morgan fingerprint density at radius 1 is 1.38 bits per heavy atom.